The number of carbonyl (C=O) groups excluding carboxylic acids is 2. The maximum atomic E-state index is 13.5. The van der Waals surface area contributed by atoms with E-state index in [1.165, 1.54) is 23.1 Å². The zero-order valence-electron chi connectivity index (χ0n) is 15.3. The van der Waals surface area contributed by atoms with Crippen molar-refractivity contribution in [3.63, 3.8) is 0 Å². The highest BCUT2D eigenvalue weighted by atomic mass is 19.1. The monoisotopic (exact) mass is 398 g/mol. The van der Waals surface area contributed by atoms with Crippen molar-refractivity contribution in [2.24, 2.45) is 0 Å². The van der Waals surface area contributed by atoms with E-state index in [9.17, 15) is 19.1 Å². The van der Waals surface area contributed by atoms with Gasteiger partial charge < -0.3 is 30.8 Å². The number of fused-ring (bicyclic) bond motifs is 1. The summed E-state index contributed by atoms with van der Waals surface area (Å²) in [5, 5.41) is 14.6. The lowest BCUT2D eigenvalue weighted by atomic mass is 10.1. The van der Waals surface area contributed by atoms with E-state index in [0.29, 0.717) is 17.2 Å². The van der Waals surface area contributed by atoms with Crippen LogP contribution in [0.25, 0.3) is 10.8 Å². The molecular formula is C20H19FN4O4. The molecule has 0 aliphatic carbocycles. The van der Waals surface area contributed by atoms with E-state index >= 15 is 0 Å². The molecule has 0 bridgehead atoms. The first-order valence-corrected chi connectivity index (χ1v) is 8.98. The van der Waals surface area contributed by atoms with E-state index < -0.39 is 29.8 Å². The van der Waals surface area contributed by atoms with Crippen molar-refractivity contribution < 1.29 is 23.8 Å². The number of nitrogens with one attached hydrogen (secondary N) is 2. The molecule has 1 aliphatic heterocycles. The fourth-order valence-corrected chi connectivity index (χ4v) is 3.32. The lowest BCUT2D eigenvalue weighted by Crippen LogP contribution is -2.55. The minimum Gasteiger partial charge on any atom is -0.385 e. The number of hydrogen-bond donors (Lipinski definition) is 4. The van der Waals surface area contributed by atoms with Crippen LogP contribution in [0.1, 0.15) is 0 Å². The number of hydrogen-bond acceptors (Lipinski definition) is 5. The second-order valence-electron chi connectivity index (χ2n) is 6.70. The summed E-state index contributed by atoms with van der Waals surface area (Å²) in [6, 6.07) is 10.6. The second kappa shape index (κ2) is 7.53. The number of aliphatic hydroxyl groups excluding tert-OH is 1. The number of nitrogens with two attached hydrogens (primary N) is 1. The van der Waals surface area contributed by atoms with E-state index in [1.54, 1.807) is 30.5 Å². The molecule has 0 unspecified atom stereocenters. The number of aliphatic hydroxyl groups is 1. The van der Waals surface area contributed by atoms with Crippen LogP contribution in [-0.2, 0) is 14.3 Å². The molecule has 1 aromatic heterocycles. The fourth-order valence-electron chi connectivity index (χ4n) is 3.32. The number of ether oxygens (including phenoxy) is 1. The minimum atomic E-state index is -1.73. The third kappa shape index (κ3) is 3.65. The molecular weight excluding hydrogens is 379 g/mol. The Kier molecular flexibility index (Phi) is 4.91. The first kappa shape index (κ1) is 18.9. The van der Waals surface area contributed by atoms with Crippen LogP contribution in [0.3, 0.4) is 0 Å². The molecule has 1 aliphatic rings. The van der Waals surface area contributed by atoms with Crippen molar-refractivity contribution in [2.75, 3.05) is 29.1 Å². The molecule has 150 valence electrons. The van der Waals surface area contributed by atoms with Crippen LogP contribution < -0.4 is 16.0 Å². The quantitative estimate of drug-likeness (QED) is 0.532. The van der Waals surface area contributed by atoms with Gasteiger partial charge in [0.1, 0.15) is 11.6 Å². The molecule has 3 aromatic rings. The molecule has 1 saturated heterocycles. The van der Waals surface area contributed by atoms with Crippen LogP contribution in [0.5, 0.6) is 0 Å². The number of rotatable bonds is 4. The van der Waals surface area contributed by atoms with Gasteiger partial charge in [0.05, 0.1) is 6.61 Å². The number of benzene rings is 2. The van der Waals surface area contributed by atoms with Crippen LogP contribution in [-0.4, -0.2) is 47.3 Å². The molecule has 1 fully saturated rings. The van der Waals surface area contributed by atoms with Crippen LogP contribution >= 0.6 is 0 Å². The normalized spacial score (nSPS) is 18.1. The largest absolute Gasteiger partial charge is 0.385 e. The van der Waals surface area contributed by atoms with Crippen molar-refractivity contribution in [1.29, 1.82) is 0 Å². The number of aromatic nitrogens is 1. The average Bonchev–Trinajstić information content (AvgIpc) is 3.08. The Morgan fingerprint density at radius 1 is 1.34 bits per heavy atom. The summed E-state index contributed by atoms with van der Waals surface area (Å²) in [4.78, 5) is 29.4. The lowest BCUT2D eigenvalue weighted by molar-refractivity contribution is -0.150. The average molecular weight is 398 g/mol. The molecule has 5 N–H and O–H groups in total. The lowest BCUT2D eigenvalue weighted by Gasteiger charge is -2.34. The van der Waals surface area contributed by atoms with Gasteiger partial charge in [-0.25, -0.2) is 4.39 Å². The highest BCUT2D eigenvalue weighted by Crippen LogP contribution is 2.25. The number of anilines is 3. The molecule has 29 heavy (non-hydrogen) atoms. The maximum absolute atomic E-state index is 13.5. The fraction of sp³-hybridized carbons (Fsp3) is 0.200. The molecule has 0 saturated carbocycles. The first-order valence-electron chi connectivity index (χ1n) is 8.98. The van der Waals surface area contributed by atoms with E-state index in [2.05, 4.69) is 10.3 Å². The van der Waals surface area contributed by atoms with Crippen LogP contribution in [0.2, 0.25) is 0 Å². The molecule has 8 nitrogen and oxygen atoms in total. The van der Waals surface area contributed by atoms with E-state index in [-0.39, 0.29) is 13.2 Å². The number of halogens is 1. The summed E-state index contributed by atoms with van der Waals surface area (Å²) in [7, 11) is 0. The second-order valence-corrected chi connectivity index (χ2v) is 6.70. The summed E-state index contributed by atoms with van der Waals surface area (Å²) >= 11 is 0. The Morgan fingerprint density at radius 2 is 2.17 bits per heavy atom. The number of H-pyrrole nitrogens is 1. The van der Waals surface area contributed by atoms with Gasteiger partial charge in [-0.05, 0) is 36.4 Å². The Morgan fingerprint density at radius 3 is 2.97 bits per heavy atom. The molecule has 2 heterocycles. The van der Waals surface area contributed by atoms with Gasteiger partial charge in [0.2, 0.25) is 0 Å². The van der Waals surface area contributed by atoms with Gasteiger partial charge in [0, 0.05) is 34.9 Å². The van der Waals surface area contributed by atoms with Crippen molar-refractivity contribution >= 4 is 39.8 Å². The van der Waals surface area contributed by atoms with Gasteiger partial charge in [-0.2, -0.15) is 0 Å². The van der Waals surface area contributed by atoms with Gasteiger partial charge in [-0.3, -0.25) is 9.59 Å². The number of carbonyl (C=O) groups is 2. The van der Waals surface area contributed by atoms with Crippen LogP contribution in [0.15, 0.2) is 48.7 Å². The smallest absolute Gasteiger partial charge is 0.259 e. The molecule has 2 atom stereocenters. The maximum Gasteiger partial charge on any atom is 0.259 e. The van der Waals surface area contributed by atoms with Crippen molar-refractivity contribution in [2.45, 2.75) is 12.2 Å². The van der Waals surface area contributed by atoms with Gasteiger partial charge in [0.15, 0.2) is 12.2 Å². The van der Waals surface area contributed by atoms with E-state index in [4.69, 9.17) is 10.5 Å². The van der Waals surface area contributed by atoms with Gasteiger partial charge in [0.25, 0.3) is 11.8 Å². The number of amides is 2. The topological polar surface area (TPSA) is 121 Å². The SMILES string of the molecule is Nc1[nH]cc2cc(NC(=O)[C@H](O)[C@H]3OCCN(c4cccc(F)c4)C3=O)ccc12. The predicted molar refractivity (Wildman–Crippen MR) is 106 cm³/mol. The van der Waals surface area contributed by atoms with Crippen molar-refractivity contribution in [3.8, 4) is 0 Å². The van der Waals surface area contributed by atoms with Crippen LogP contribution in [0, 0.1) is 5.82 Å². The van der Waals surface area contributed by atoms with E-state index in [0.717, 1.165) is 10.8 Å². The summed E-state index contributed by atoms with van der Waals surface area (Å²) in [5.41, 5.74) is 6.57. The number of nitrogen functional groups attached to an aromatic ring is 1. The highest BCUT2D eigenvalue weighted by Gasteiger charge is 2.39. The molecule has 0 spiro atoms. The molecule has 2 aromatic carbocycles. The van der Waals surface area contributed by atoms with Gasteiger partial charge in [-0.1, -0.05) is 6.07 Å². The predicted octanol–water partition coefficient (Wildman–Crippen LogP) is 1.62. The Hall–Kier alpha value is -3.43. The highest BCUT2D eigenvalue weighted by molar-refractivity contribution is 6.04. The number of morpholine rings is 1. The summed E-state index contributed by atoms with van der Waals surface area (Å²) in [5.74, 6) is -1.38. The minimum absolute atomic E-state index is 0.103. The Balaban J connectivity index is 1.49. The Bertz CT molecular complexity index is 1080. The number of aromatic amines is 1. The van der Waals surface area contributed by atoms with Gasteiger partial charge >= 0.3 is 0 Å². The molecule has 0 radical (unpaired) electrons. The molecule has 4 rings (SSSR count). The summed E-state index contributed by atoms with van der Waals surface area (Å²) < 4.78 is 18.8. The third-order valence-corrected chi connectivity index (χ3v) is 4.79. The summed E-state index contributed by atoms with van der Waals surface area (Å²) in [6.07, 6.45) is -1.43. The molecule has 9 heteroatoms. The third-order valence-electron chi connectivity index (χ3n) is 4.79. The first-order chi connectivity index (χ1) is 13.9. The standard InChI is InChI=1S/C20H19FN4O4/c21-12-2-1-3-14(9-12)25-6-7-29-17(20(25)28)16(26)19(27)24-13-4-5-15-11(8-13)10-23-18(15)22/h1-5,8-10,16-17,23,26H,6-7,22H2,(H,24,27)/t16-,17-/m1/s1. The zero-order valence-corrected chi connectivity index (χ0v) is 15.3. The van der Waals surface area contributed by atoms with E-state index in [1.807, 2.05) is 0 Å². The zero-order chi connectivity index (χ0) is 20.5. The molecule has 2 amide bonds. The number of nitrogens with zero attached hydrogens (tertiary/aromatic N) is 1. The Labute approximate surface area is 165 Å². The van der Waals surface area contributed by atoms with Crippen molar-refractivity contribution in [3.05, 3.63) is 54.5 Å². The van der Waals surface area contributed by atoms with Crippen LogP contribution in [0.4, 0.5) is 21.6 Å². The van der Waals surface area contributed by atoms with Gasteiger partial charge in [-0.15, -0.1) is 0 Å². The van der Waals surface area contributed by atoms with Crippen molar-refractivity contribution in [1.82, 2.24) is 4.98 Å². The summed E-state index contributed by atoms with van der Waals surface area (Å²) in [6.45, 7) is 0.296.